The number of rotatable bonds is 3. The highest BCUT2D eigenvalue weighted by Gasteiger charge is 2.34. The van der Waals surface area contributed by atoms with Crippen LogP contribution in [0.4, 0.5) is 0 Å². The minimum atomic E-state index is -0.0966. The summed E-state index contributed by atoms with van der Waals surface area (Å²) in [5.41, 5.74) is 3.82. The molecular formula is C15H21NO2. The van der Waals surface area contributed by atoms with Crippen LogP contribution in [0.3, 0.4) is 0 Å². The Labute approximate surface area is 109 Å². The molecule has 0 unspecified atom stereocenters. The topological polar surface area (TPSA) is 29.5 Å². The molecule has 0 bridgehead atoms. The molecule has 0 aromatic heterocycles. The molecule has 1 heterocycles. The van der Waals surface area contributed by atoms with Gasteiger partial charge in [-0.25, -0.2) is 0 Å². The highest BCUT2D eigenvalue weighted by atomic mass is 16.6. The number of nitrogens with zero attached hydrogens (tertiary/aromatic N) is 1. The molecule has 1 saturated heterocycles. The fraction of sp³-hybridized carbons (Fsp3) is 0.533. The van der Waals surface area contributed by atoms with Crippen LogP contribution in [-0.2, 0) is 16.1 Å². The Hall–Kier alpha value is -1.35. The van der Waals surface area contributed by atoms with Gasteiger partial charge in [0, 0.05) is 13.0 Å². The van der Waals surface area contributed by atoms with Crippen LogP contribution in [0.5, 0.6) is 0 Å². The van der Waals surface area contributed by atoms with Crippen LogP contribution in [0.1, 0.15) is 30.0 Å². The zero-order valence-electron chi connectivity index (χ0n) is 11.6. The van der Waals surface area contributed by atoms with Crippen LogP contribution in [0.25, 0.3) is 0 Å². The Morgan fingerprint density at radius 1 is 1.39 bits per heavy atom. The van der Waals surface area contributed by atoms with Crippen molar-refractivity contribution >= 4 is 5.97 Å². The van der Waals surface area contributed by atoms with E-state index in [-0.39, 0.29) is 18.1 Å². The molecule has 1 fully saturated rings. The van der Waals surface area contributed by atoms with Crippen LogP contribution in [0.2, 0.25) is 0 Å². The molecule has 0 radical (unpaired) electrons. The number of hydrogen-bond donors (Lipinski definition) is 0. The van der Waals surface area contributed by atoms with Crippen molar-refractivity contribution in [2.24, 2.45) is 0 Å². The number of carbonyl (C=O) groups excluding carboxylic acids is 1. The quantitative estimate of drug-likeness (QED) is 0.768. The number of ether oxygens (including phenoxy) is 1. The first-order valence-corrected chi connectivity index (χ1v) is 6.44. The molecule has 0 amide bonds. The van der Waals surface area contributed by atoms with Crippen molar-refractivity contribution in [3.05, 3.63) is 34.9 Å². The normalized spacial score (nSPS) is 23.5. The molecule has 1 aromatic rings. The van der Waals surface area contributed by atoms with E-state index in [1.807, 2.05) is 14.0 Å². The predicted octanol–water partition coefficient (Wildman–Crippen LogP) is 2.44. The summed E-state index contributed by atoms with van der Waals surface area (Å²) in [6.45, 7) is 6.95. The van der Waals surface area contributed by atoms with E-state index in [2.05, 4.69) is 36.9 Å². The van der Waals surface area contributed by atoms with Crippen molar-refractivity contribution in [2.45, 2.75) is 45.9 Å². The SMILES string of the molecule is Cc1ccc(CN(C)[C@H]2C[C@@H](C)OC2=O)c(C)c1. The Kier molecular flexibility index (Phi) is 3.71. The maximum Gasteiger partial charge on any atom is 0.323 e. The third-order valence-electron chi connectivity index (χ3n) is 3.59. The Morgan fingerprint density at radius 2 is 2.11 bits per heavy atom. The van der Waals surface area contributed by atoms with Crippen molar-refractivity contribution in [1.82, 2.24) is 4.90 Å². The number of carbonyl (C=O) groups is 1. The van der Waals surface area contributed by atoms with E-state index in [0.717, 1.165) is 13.0 Å². The fourth-order valence-corrected chi connectivity index (χ4v) is 2.50. The summed E-state index contributed by atoms with van der Waals surface area (Å²) in [6.07, 6.45) is 0.837. The Morgan fingerprint density at radius 3 is 2.67 bits per heavy atom. The van der Waals surface area contributed by atoms with Gasteiger partial charge in [0.05, 0.1) is 0 Å². The molecule has 0 spiro atoms. The molecular weight excluding hydrogens is 226 g/mol. The molecule has 2 atom stereocenters. The van der Waals surface area contributed by atoms with Crippen molar-refractivity contribution in [1.29, 1.82) is 0 Å². The maximum atomic E-state index is 11.7. The lowest BCUT2D eigenvalue weighted by molar-refractivity contribution is -0.144. The lowest BCUT2D eigenvalue weighted by Crippen LogP contribution is -2.35. The molecule has 0 saturated carbocycles. The highest BCUT2D eigenvalue weighted by Crippen LogP contribution is 2.21. The fourth-order valence-electron chi connectivity index (χ4n) is 2.50. The molecule has 3 nitrogen and oxygen atoms in total. The highest BCUT2D eigenvalue weighted by molar-refractivity contribution is 5.77. The number of likely N-dealkylation sites (N-methyl/N-ethyl adjacent to an activating group) is 1. The van der Waals surface area contributed by atoms with Gasteiger partial charge in [-0.1, -0.05) is 23.8 Å². The summed E-state index contributed by atoms with van der Waals surface area (Å²) in [6, 6.07) is 6.34. The lowest BCUT2D eigenvalue weighted by atomic mass is 10.0. The smallest absolute Gasteiger partial charge is 0.323 e. The first-order valence-electron chi connectivity index (χ1n) is 6.44. The van der Waals surface area contributed by atoms with E-state index >= 15 is 0 Å². The molecule has 3 heteroatoms. The van der Waals surface area contributed by atoms with Crippen molar-refractivity contribution in [2.75, 3.05) is 7.05 Å². The number of hydrogen-bond acceptors (Lipinski definition) is 3. The lowest BCUT2D eigenvalue weighted by Gasteiger charge is -2.22. The van der Waals surface area contributed by atoms with E-state index in [9.17, 15) is 4.79 Å². The molecule has 98 valence electrons. The van der Waals surface area contributed by atoms with Crippen molar-refractivity contribution < 1.29 is 9.53 Å². The summed E-state index contributed by atoms with van der Waals surface area (Å²) in [4.78, 5) is 13.8. The van der Waals surface area contributed by atoms with E-state index < -0.39 is 0 Å². The summed E-state index contributed by atoms with van der Waals surface area (Å²) < 4.78 is 5.20. The molecule has 0 aliphatic carbocycles. The largest absolute Gasteiger partial charge is 0.461 e. The minimum absolute atomic E-state index is 0.0454. The van der Waals surface area contributed by atoms with Gasteiger partial charge in [-0.15, -0.1) is 0 Å². The van der Waals surface area contributed by atoms with Crippen molar-refractivity contribution in [3.8, 4) is 0 Å². The molecule has 1 aromatic carbocycles. The number of cyclic esters (lactones) is 1. The van der Waals surface area contributed by atoms with Crippen molar-refractivity contribution in [3.63, 3.8) is 0 Å². The van der Waals surface area contributed by atoms with Crippen LogP contribution in [-0.4, -0.2) is 30.1 Å². The van der Waals surface area contributed by atoms with Gasteiger partial charge in [-0.3, -0.25) is 9.69 Å². The summed E-state index contributed by atoms with van der Waals surface area (Å²) in [5, 5.41) is 0. The number of benzene rings is 1. The monoisotopic (exact) mass is 247 g/mol. The standard InChI is InChI=1S/C15H21NO2/c1-10-5-6-13(11(2)7-10)9-16(4)14-8-12(3)18-15(14)17/h5-7,12,14H,8-9H2,1-4H3/t12-,14+/m1/s1. The third-order valence-corrected chi connectivity index (χ3v) is 3.59. The number of esters is 1. The molecule has 2 rings (SSSR count). The van der Waals surface area contributed by atoms with Gasteiger partial charge in [-0.05, 0) is 38.9 Å². The van der Waals surface area contributed by atoms with E-state index in [1.165, 1.54) is 16.7 Å². The van der Waals surface area contributed by atoms with Gasteiger partial charge in [0.1, 0.15) is 12.1 Å². The van der Waals surface area contributed by atoms with Gasteiger partial charge < -0.3 is 4.74 Å². The van der Waals surface area contributed by atoms with Gasteiger partial charge in [-0.2, -0.15) is 0 Å². The molecule has 0 N–H and O–H groups in total. The summed E-state index contributed by atoms with van der Waals surface area (Å²) in [7, 11) is 1.99. The van der Waals surface area contributed by atoms with E-state index in [0.29, 0.717) is 0 Å². The predicted molar refractivity (Wildman–Crippen MR) is 71.3 cm³/mol. The minimum Gasteiger partial charge on any atom is -0.461 e. The number of aryl methyl sites for hydroxylation is 2. The van der Waals surface area contributed by atoms with Gasteiger partial charge in [0.25, 0.3) is 0 Å². The maximum absolute atomic E-state index is 11.7. The first kappa shape index (κ1) is 13.1. The molecule has 1 aliphatic heterocycles. The van der Waals surface area contributed by atoms with Crippen LogP contribution >= 0.6 is 0 Å². The summed E-state index contributed by atoms with van der Waals surface area (Å²) >= 11 is 0. The second kappa shape index (κ2) is 5.11. The average molecular weight is 247 g/mol. The third kappa shape index (κ3) is 2.72. The van der Waals surface area contributed by atoms with Gasteiger partial charge in [0.15, 0.2) is 0 Å². The molecule has 1 aliphatic rings. The second-order valence-electron chi connectivity index (χ2n) is 5.34. The van der Waals surface area contributed by atoms with Crippen LogP contribution in [0.15, 0.2) is 18.2 Å². The Bertz CT molecular complexity index is 456. The zero-order valence-corrected chi connectivity index (χ0v) is 11.6. The molecule has 18 heavy (non-hydrogen) atoms. The van der Waals surface area contributed by atoms with Crippen LogP contribution < -0.4 is 0 Å². The van der Waals surface area contributed by atoms with Gasteiger partial charge >= 0.3 is 5.97 Å². The van der Waals surface area contributed by atoms with Crippen LogP contribution in [0, 0.1) is 13.8 Å². The van der Waals surface area contributed by atoms with E-state index in [4.69, 9.17) is 4.74 Å². The van der Waals surface area contributed by atoms with Gasteiger partial charge in [0.2, 0.25) is 0 Å². The first-order chi connectivity index (χ1) is 8.47. The summed E-state index contributed by atoms with van der Waals surface area (Å²) in [5.74, 6) is -0.0882. The second-order valence-corrected chi connectivity index (χ2v) is 5.34. The average Bonchev–Trinajstić information content (AvgIpc) is 2.62. The zero-order chi connectivity index (χ0) is 13.3. The Balaban J connectivity index is 2.07. The van der Waals surface area contributed by atoms with E-state index in [1.54, 1.807) is 0 Å².